The van der Waals surface area contributed by atoms with Crippen LogP contribution in [0.4, 0.5) is 0 Å². The first-order chi connectivity index (χ1) is 7.80. The van der Waals surface area contributed by atoms with Crippen LogP contribution < -0.4 is 5.32 Å². The highest BCUT2D eigenvalue weighted by atomic mass is 16.2. The molecule has 3 aliphatic rings. The molecule has 1 spiro atoms. The zero-order valence-corrected chi connectivity index (χ0v) is 9.87. The van der Waals surface area contributed by atoms with E-state index in [2.05, 4.69) is 17.5 Å². The van der Waals surface area contributed by atoms with Crippen molar-refractivity contribution in [3.63, 3.8) is 0 Å². The van der Waals surface area contributed by atoms with Crippen molar-refractivity contribution < 1.29 is 4.79 Å². The van der Waals surface area contributed by atoms with Crippen LogP contribution in [-0.2, 0) is 4.79 Å². The van der Waals surface area contributed by atoms with Crippen molar-refractivity contribution in [2.45, 2.75) is 57.4 Å². The molecule has 2 heteroatoms. The number of allylic oxidation sites excluding steroid dienone is 2. The Hall–Kier alpha value is -0.790. The molecular weight excluding hydrogens is 198 g/mol. The van der Waals surface area contributed by atoms with Gasteiger partial charge < -0.3 is 5.32 Å². The summed E-state index contributed by atoms with van der Waals surface area (Å²) in [7, 11) is 0. The summed E-state index contributed by atoms with van der Waals surface area (Å²) in [4.78, 5) is 12.0. The smallest absolute Gasteiger partial charge is 0.223 e. The highest BCUT2D eigenvalue weighted by Gasteiger charge is 2.55. The third-order valence-electron chi connectivity index (χ3n) is 4.75. The zero-order valence-electron chi connectivity index (χ0n) is 9.87. The summed E-state index contributed by atoms with van der Waals surface area (Å²) < 4.78 is 0. The maximum absolute atomic E-state index is 12.0. The number of amides is 1. The second-order valence-corrected chi connectivity index (χ2v) is 5.82. The van der Waals surface area contributed by atoms with Gasteiger partial charge in [-0.1, -0.05) is 25.0 Å². The van der Waals surface area contributed by atoms with Crippen molar-refractivity contribution in [2.24, 2.45) is 11.3 Å². The monoisotopic (exact) mass is 219 g/mol. The van der Waals surface area contributed by atoms with Crippen LogP contribution in [0.15, 0.2) is 12.2 Å². The Morgan fingerprint density at radius 1 is 1.25 bits per heavy atom. The van der Waals surface area contributed by atoms with E-state index in [0.717, 1.165) is 19.3 Å². The molecule has 2 saturated carbocycles. The van der Waals surface area contributed by atoms with Gasteiger partial charge in [-0.05, 0) is 43.9 Å². The van der Waals surface area contributed by atoms with Gasteiger partial charge in [0, 0.05) is 12.0 Å². The molecule has 88 valence electrons. The second kappa shape index (κ2) is 3.90. The SMILES string of the molecule is O=C(NC1CC12CCCC2)C1CC=CCC1. The van der Waals surface area contributed by atoms with E-state index in [9.17, 15) is 4.79 Å². The van der Waals surface area contributed by atoms with Crippen molar-refractivity contribution >= 4 is 5.91 Å². The van der Waals surface area contributed by atoms with E-state index in [1.807, 2.05) is 0 Å². The first-order valence-corrected chi connectivity index (χ1v) is 6.76. The van der Waals surface area contributed by atoms with Crippen LogP contribution in [0.5, 0.6) is 0 Å². The van der Waals surface area contributed by atoms with Crippen molar-refractivity contribution in [1.29, 1.82) is 0 Å². The lowest BCUT2D eigenvalue weighted by atomic mass is 9.93. The van der Waals surface area contributed by atoms with Crippen LogP contribution in [0.25, 0.3) is 0 Å². The molecule has 3 rings (SSSR count). The predicted molar refractivity (Wildman–Crippen MR) is 63.9 cm³/mol. The minimum atomic E-state index is 0.254. The minimum absolute atomic E-state index is 0.254. The Balaban J connectivity index is 1.52. The topological polar surface area (TPSA) is 29.1 Å². The van der Waals surface area contributed by atoms with Gasteiger partial charge in [-0.25, -0.2) is 0 Å². The predicted octanol–water partition coefficient (Wildman–Crippen LogP) is 2.79. The lowest BCUT2D eigenvalue weighted by Gasteiger charge is -2.18. The fourth-order valence-electron chi connectivity index (χ4n) is 3.50. The number of rotatable bonds is 2. The standard InChI is InChI=1S/C14H21NO/c16-13(11-6-2-1-3-7-11)15-12-10-14(12)8-4-5-9-14/h1-2,11-12H,3-10H2,(H,15,16). The van der Waals surface area contributed by atoms with Gasteiger partial charge >= 0.3 is 0 Å². The Labute approximate surface area is 97.5 Å². The first kappa shape index (κ1) is 10.4. The van der Waals surface area contributed by atoms with E-state index in [-0.39, 0.29) is 5.92 Å². The Morgan fingerprint density at radius 3 is 2.75 bits per heavy atom. The molecule has 16 heavy (non-hydrogen) atoms. The molecule has 2 fully saturated rings. The third kappa shape index (κ3) is 1.79. The highest BCUT2D eigenvalue weighted by Crippen LogP contribution is 2.57. The number of hydrogen-bond donors (Lipinski definition) is 1. The molecule has 0 bridgehead atoms. The summed E-state index contributed by atoms with van der Waals surface area (Å²) in [5.41, 5.74) is 0.542. The van der Waals surface area contributed by atoms with Gasteiger partial charge in [0.2, 0.25) is 5.91 Å². The summed E-state index contributed by atoms with van der Waals surface area (Å²) in [6.45, 7) is 0. The number of carbonyl (C=O) groups is 1. The fraction of sp³-hybridized carbons (Fsp3) is 0.786. The molecule has 0 aromatic carbocycles. The maximum atomic E-state index is 12.0. The molecule has 2 nitrogen and oxygen atoms in total. The molecular formula is C14H21NO. The normalized spacial score (nSPS) is 35.2. The lowest BCUT2D eigenvalue weighted by molar-refractivity contribution is -0.125. The molecule has 2 unspecified atom stereocenters. The van der Waals surface area contributed by atoms with Crippen LogP contribution in [-0.4, -0.2) is 11.9 Å². The van der Waals surface area contributed by atoms with Crippen molar-refractivity contribution in [3.05, 3.63) is 12.2 Å². The largest absolute Gasteiger partial charge is 0.353 e. The van der Waals surface area contributed by atoms with Gasteiger partial charge in [-0.3, -0.25) is 4.79 Å². The van der Waals surface area contributed by atoms with Gasteiger partial charge in [0.05, 0.1) is 0 Å². The van der Waals surface area contributed by atoms with Gasteiger partial charge in [0.1, 0.15) is 0 Å². The van der Waals surface area contributed by atoms with E-state index in [4.69, 9.17) is 0 Å². The van der Waals surface area contributed by atoms with Crippen LogP contribution in [0.2, 0.25) is 0 Å². The quantitative estimate of drug-likeness (QED) is 0.711. The molecule has 0 aromatic heterocycles. The van der Waals surface area contributed by atoms with E-state index in [0.29, 0.717) is 17.4 Å². The van der Waals surface area contributed by atoms with Crippen molar-refractivity contribution in [2.75, 3.05) is 0 Å². The molecule has 0 radical (unpaired) electrons. The van der Waals surface area contributed by atoms with Crippen molar-refractivity contribution in [1.82, 2.24) is 5.32 Å². The molecule has 0 saturated heterocycles. The first-order valence-electron chi connectivity index (χ1n) is 6.76. The second-order valence-electron chi connectivity index (χ2n) is 5.82. The summed E-state index contributed by atoms with van der Waals surface area (Å²) in [6.07, 6.45) is 14.1. The lowest BCUT2D eigenvalue weighted by Crippen LogP contribution is -2.35. The zero-order chi connectivity index (χ0) is 11.0. The van der Waals surface area contributed by atoms with Crippen LogP contribution >= 0.6 is 0 Å². The summed E-state index contributed by atoms with van der Waals surface area (Å²) in [5.74, 6) is 0.571. The van der Waals surface area contributed by atoms with Crippen LogP contribution in [0, 0.1) is 11.3 Å². The molecule has 3 aliphatic carbocycles. The number of nitrogens with one attached hydrogen (secondary N) is 1. The van der Waals surface area contributed by atoms with Gasteiger partial charge in [0.25, 0.3) is 0 Å². The summed E-state index contributed by atoms with van der Waals surface area (Å²) >= 11 is 0. The summed E-state index contributed by atoms with van der Waals surface area (Å²) in [5, 5.41) is 3.28. The number of carbonyl (C=O) groups excluding carboxylic acids is 1. The van der Waals surface area contributed by atoms with E-state index >= 15 is 0 Å². The van der Waals surface area contributed by atoms with Crippen molar-refractivity contribution in [3.8, 4) is 0 Å². The maximum Gasteiger partial charge on any atom is 0.223 e. The summed E-state index contributed by atoms with van der Waals surface area (Å²) in [6, 6.07) is 0.522. The Kier molecular flexibility index (Phi) is 2.53. The van der Waals surface area contributed by atoms with E-state index in [1.54, 1.807) is 0 Å². The van der Waals surface area contributed by atoms with E-state index in [1.165, 1.54) is 32.1 Å². The average Bonchev–Trinajstić information content (AvgIpc) is 2.74. The fourth-order valence-corrected chi connectivity index (χ4v) is 3.50. The molecule has 1 amide bonds. The molecule has 2 atom stereocenters. The van der Waals surface area contributed by atoms with Gasteiger partial charge in [0.15, 0.2) is 0 Å². The van der Waals surface area contributed by atoms with E-state index < -0.39 is 0 Å². The third-order valence-corrected chi connectivity index (χ3v) is 4.75. The molecule has 0 aliphatic heterocycles. The Bertz CT molecular complexity index is 315. The molecule has 1 N–H and O–H groups in total. The average molecular weight is 219 g/mol. The van der Waals surface area contributed by atoms with Gasteiger partial charge in [-0.2, -0.15) is 0 Å². The number of hydrogen-bond acceptors (Lipinski definition) is 1. The Morgan fingerprint density at radius 2 is 2.06 bits per heavy atom. The highest BCUT2D eigenvalue weighted by molar-refractivity contribution is 5.79. The molecule has 0 aromatic rings. The van der Waals surface area contributed by atoms with Crippen LogP contribution in [0.3, 0.4) is 0 Å². The minimum Gasteiger partial charge on any atom is -0.353 e. The van der Waals surface area contributed by atoms with Crippen LogP contribution in [0.1, 0.15) is 51.4 Å². The van der Waals surface area contributed by atoms with Gasteiger partial charge in [-0.15, -0.1) is 0 Å². The molecule has 0 heterocycles.